The zero-order chi connectivity index (χ0) is 38.7. The summed E-state index contributed by atoms with van der Waals surface area (Å²) in [7, 11) is 0. The molecule has 4 N–H and O–H groups in total. The molecule has 0 bridgehead atoms. The van der Waals surface area contributed by atoms with Crippen molar-refractivity contribution in [1.82, 2.24) is 30.8 Å². The second-order valence-electron chi connectivity index (χ2n) is 14.5. The molecule has 54 heavy (non-hydrogen) atoms. The van der Waals surface area contributed by atoms with E-state index in [1.54, 1.807) is 18.5 Å². The van der Waals surface area contributed by atoms with Gasteiger partial charge in [0.25, 0.3) is 10.7 Å². The first-order valence-corrected chi connectivity index (χ1v) is 19.7. The van der Waals surface area contributed by atoms with Gasteiger partial charge in [0.15, 0.2) is 5.82 Å². The fourth-order valence-electron chi connectivity index (χ4n) is 5.80. The number of nitrogens with zero attached hydrogens (tertiary/aromatic N) is 3. The number of nitrogens with one attached hydrogen (secondary N) is 3. The number of ether oxygens (including phenoxy) is 1. The number of aliphatic hydroxyl groups is 1. The van der Waals surface area contributed by atoms with Crippen molar-refractivity contribution in [3.05, 3.63) is 99.1 Å². The van der Waals surface area contributed by atoms with Gasteiger partial charge in [-0.3, -0.25) is 9.59 Å². The van der Waals surface area contributed by atoms with E-state index in [9.17, 15) is 14.7 Å². The van der Waals surface area contributed by atoms with Crippen molar-refractivity contribution >= 4 is 35.4 Å². The van der Waals surface area contributed by atoms with Gasteiger partial charge in [0.2, 0.25) is 11.8 Å². The second-order valence-corrected chi connectivity index (χ2v) is 15.9. The lowest BCUT2D eigenvalue weighted by Gasteiger charge is -2.23. The van der Waals surface area contributed by atoms with Gasteiger partial charge in [-0.1, -0.05) is 89.8 Å². The first-order chi connectivity index (χ1) is 25.9. The van der Waals surface area contributed by atoms with Gasteiger partial charge in [-0.25, -0.2) is 15.1 Å². The molecule has 3 heterocycles. The standard InChI is InChI=1S/C41H50N6O5S2/c1-6-7-8-9-10-21-51-32-17-15-28(16-18-32)31-24-42-36(43-25-31)29-13-11-27(12-14-29)22-30(23-44-38(50)33-19-20-34(54-33)41(3,4)5)37(49)45-35(26(2)48)39-46-47-40(53)52-39/h11-20,24-26,30,35,48H,6-10,21-23H2,1-5H3,(H,44,50)(H,45,49)(H,47,53)/t26-,30-,35-/m1/s1. The van der Waals surface area contributed by atoms with Crippen molar-refractivity contribution < 1.29 is 23.8 Å². The third-order valence-corrected chi connectivity index (χ3v) is 10.7. The molecular weight excluding hydrogens is 721 g/mol. The largest absolute Gasteiger partial charge is 0.494 e. The van der Waals surface area contributed by atoms with E-state index in [2.05, 4.69) is 58.5 Å². The predicted molar refractivity (Wildman–Crippen MR) is 214 cm³/mol. The van der Waals surface area contributed by atoms with E-state index >= 15 is 0 Å². The number of hydrogen-bond donors (Lipinski definition) is 4. The summed E-state index contributed by atoms with van der Waals surface area (Å²) in [5, 5.41) is 22.8. The maximum absolute atomic E-state index is 13.8. The van der Waals surface area contributed by atoms with E-state index in [4.69, 9.17) is 21.4 Å². The molecule has 0 unspecified atom stereocenters. The Morgan fingerprint density at radius 1 is 0.944 bits per heavy atom. The number of benzene rings is 2. The Morgan fingerprint density at radius 2 is 1.63 bits per heavy atom. The van der Waals surface area contributed by atoms with Crippen LogP contribution in [0.5, 0.6) is 5.75 Å². The van der Waals surface area contributed by atoms with Gasteiger partial charge in [-0.05, 0) is 72.8 Å². The van der Waals surface area contributed by atoms with Crippen LogP contribution in [0.3, 0.4) is 0 Å². The zero-order valence-electron chi connectivity index (χ0n) is 31.6. The number of aliphatic hydroxyl groups excluding tert-OH is 1. The predicted octanol–water partition coefficient (Wildman–Crippen LogP) is 8.39. The van der Waals surface area contributed by atoms with Crippen molar-refractivity contribution in [2.24, 2.45) is 5.92 Å². The van der Waals surface area contributed by atoms with Crippen LogP contribution in [0.25, 0.3) is 22.5 Å². The highest BCUT2D eigenvalue weighted by atomic mass is 32.1. The Kier molecular flexibility index (Phi) is 14.3. The summed E-state index contributed by atoms with van der Waals surface area (Å²) in [6.07, 6.45) is 8.90. The Balaban J connectivity index is 1.24. The Hall–Kier alpha value is -4.72. The van der Waals surface area contributed by atoms with E-state index < -0.39 is 24.0 Å². The number of rotatable bonds is 18. The molecule has 0 aliphatic heterocycles. The first-order valence-electron chi connectivity index (χ1n) is 18.5. The molecule has 0 saturated carbocycles. The third-order valence-electron chi connectivity index (χ3n) is 9.00. The van der Waals surface area contributed by atoms with Crippen molar-refractivity contribution in [2.45, 2.75) is 90.7 Å². The third kappa shape index (κ3) is 11.4. The highest BCUT2D eigenvalue weighted by Gasteiger charge is 2.29. The monoisotopic (exact) mass is 770 g/mol. The normalized spacial score (nSPS) is 13.2. The maximum atomic E-state index is 13.8. The number of aromatic amines is 1. The van der Waals surface area contributed by atoms with Crippen molar-refractivity contribution in [1.29, 1.82) is 0 Å². The molecule has 5 rings (SSSR count). The zero-order valence-corrected chi connectivity index (χ0v) is 33.2. The minimum Gasteiger partial charge on any atom is -0.494 e. The lowest BCUT2D eigenvalue weighted by molar-refractivity contribution is -0.126. The fraction of sp³-hybridized carbons (Fsp3) is 0.415. The van der Waals surface area contributed by atoms with Crippen LogP contribution in [0.2, 0.25) is 0 Å². The molecule has 0 saturated heterocycles. The van der Waals surface area contributed by atoms with Gasteiger partial charge in [-0.2, -0.15) is 0 Å². The SMILES string of the molecule is CCCCCCCOc1ccc(-c2cnc(-c3ccc(C[C@H](CNC(=O)c4ccc(C(C)(C)C)s4)C(=O)N[C@@H](c4n[nH]c(=S)o4)[C@@H](C)O)cc3)nc2)cc1. The van der Waals surface area contributed by atoms with E-state index in [0.717, 1.165) is 45.9 Å². The van der Waals surface area contributed by atoms with E-state index in [1.165, 1.54) is 43.9 Å². The minimum absolute atomic E-state index is 0.0286. The van der Waals surface area contributed by atoms with Gasteiger partial charge in [0, 0.05) is 34.9 Å². The molecule has 286 valence electrons. The van der Waals surface area contributed by atoms with Crippen molar-refractivity contribution in [2.75, 3.05) is 13.2 Å². The molecule has 2 aromatic carbocycles. The van der Waals surface area contributed by atoms with Crippen LogP contribution in [0.1, 0.15) is 98.8 Å². The number of aromatic nitrogens is 4. The highest BCUT2D eigenvalue weighted by Crippen LogP contribution is 2.30. The lowest BCUT2D eigenvalue weighted by Crippen LogP contribution is -2.43. The lowest BCUT2D eigenvalue weighted by atomic mass is 9.95. The molecule has 3 aromatic heterocycles. The van der Waals surface area contributed by atoms with Gasteiger partial charge in [0.1, 0.15) is 11.8 Å². The highest BCUT2D eigenvalue weighted by molar-refractivity contribution is 7.71. The number of hydrogen-bond acceptors (Lipinski definition) is 10. The molecule has 2 amide bonds. The second kappa shape index (κ2) is 19.0. The summed E-state index contributed by atoms with van der Waals surface area (Å²) < 4.78 is 11.3. The summed E-state index contributed by atoms with van der Waals surface area (Å²) in [6.45, 7) is 10.8. The Bertz CT molecular complexity index is 2000. The summed E-state index contributed by atoms with van der Waals surface area (Å²) in [5.41, 5.74) is 3.50. The van der Waals surface area contributed by atoms with Crippen LogP contribution in [0, 0.1) is 10.8 Å². The summed E-state index contributed by atoms with van der Waals surface area (Å²) >= 11 is 6.43. The summed E-state index contributed by atoms with van der Waals surface area (Å²) in [4.78, 5) is 37.9. The topological polar surface area (TPSA) is 155 Å². The number of unbranched alkanes of at least 4 members (excludes halogenated alkanes) is 4. The molecule has 0 fully saturated rings. The number of amides is 2. The number of thiophene rings is 1. The Morgan fingerprint density at radius 3 is 2.24 bits per heavy atom. The molecule has 13 heteroatoms. The van der Waals surface area contributed by atoms with Crippen LogP contribution >= 0.6 is 23.6 Å². The molecular formula is C41H50N6O5S2. The van der Waals surface area contributed by atoms with Crippen LogP contribution < -0.4 is 15.4 Å². The van der Waals surface area contributed by atoms with Gasteiger partial charge in [0.05, 0.1) is 23.5 Å². The number of carbonyl (C=O) groups excluding carboxylic acids is 2. The maximum Gasteiger partial charge on any atom is 0.284 e. The molecule has 0 aliphatic carbocycles. The fourth-order valence-corrected chi connectivity index (χ4v) is 6.91. The molecule has 0 radical (unpaired) electrons. The van der Waals surface area contributed by atoms with Crippen LogP contribution in [-0.4, -0.2) is 56.3 Å². The average Bonchev–Trinajstić information content (AvgIpc) is 3.84. The van der Waals surface area contributed by atoms with Crippen molar-refractivity contribution in [3.63, 3.8) is 0 Å². The van der Waals surface area contributed by atoms with Crippen molar-refractivity contribution in [3.8, 4) is 28.3 Å². The van der Waals surface area contributed by atoms with Gasteiger partial charge in [-0.15, -0.1) is 16.4 Å². The first kappa shape index (κ1) is 40.5. The number of H-pyrrole nitrogens is 1. The number of carbonyl (C=O) groups is 2. The van der Waals surface area contributed by atoms with Gasteiger partial charge < -0.3 is 24.9 Å². The smallest absolute Gasteiger partial charge is 0.284 e. The molecule has 3 atom stereocenters. The molecule has 0 aliphatic rings. The summed E-state index contributed by atoms with van der Waals surface area (Å²) in [6, 6.07) is 18.5. The molecule has 11 nitrogen and oxygen atoms in total. The van der Waals surface area contributed by atoms with E-state index in [0.29, 0.717) is 17.1 Å². The molecule has 0 spiro atoms. The minimum atomic E-state index is -1.03. The van der Waals surface area contributed by atoms with E-state index in [-0.39, 0.29) is 28.6 Å². The average molecular weight is 771 g/mol. The van der Waals surface area contributed by atoms with Crippen LogP contribution in [0.15, 0.2) is 77.5 Å². The quantitative estimate of drug-likeness (QED) is 0.0508. The Labute approximate surface area is 326 Å². The van der Waals surface area contributed by atoms with E-state index in [1.807, 2.05) is 54.6 Å². The van der Waals surface area contributed by atoms with Gasteiger partial charge >= 0.3 is 0 Å². The summed E-state index contributed by atoms with van der Waals surface area (Å²) in [5.74, 6) is 0.147. The molecule has 5 aromatic rings. The van der Waals surface area contributed by atoms with Crippen LogP contribution in [0.4, 0.5) is 0 Å². The van der Waals surface area contributed by atoms with Crippen LogP contribution in [-0.2, 0) is 16.6 Å².